The van der Waals surface area contributed by atoms with E-state index in [9.17, 15) is 0 Å². The topological polar surface area (TPSA) is 29.5 Å². The molecule has 1 radical (unpaired) electrons. The molecule has 0 aromatic heterocycles. The van der Waals surface area contributed by atoms with Crippen molar-refractivity contribution in [2.75, 3.05) is 6.61 Å². The lowest BCUT2D eigenvalue weighted by Crippen LogP contribution is -2.05. The quantitative estimate of drug-likeness (QED) is 0.812. The van der Waals surface area contributed by atoms with Crippen molar-refractivity contribution in [2.24, 2.45) is 11.8 Å². The lowest BCUT2D eigenvalue weighted by atomic mass is 10.0. The van der Waals surface area contributed by atoms with Crippen LogP contribution in [-0.4, -0.2) is 11.7 Å². The second kappa shape index (κ2) is 6.65. The summed E-state index contributed by atoms with van der Waals surface area (Å²) in [5.74, 6) is 1.95. The molecule has 0 aliphatic carbocycles. The van der Waals surface area contributed by atoms with Gasteiger partial charge in [-0.2, -0.15) is 0 Å². The van der Waals surface area contributed by atoms with E-state index in [1.54, 1.807) is 0 Å². The molecule has 0 atom stereocenters. The first-order valence-corrected chi connectivity index (χ1v) is 6.25. The Balaban J connectivity index is 2.81. The molecule has 0 spiro atoms. The fourth-order valence-corrected chi connectivity index (χ4v) is 1.70. The van der Waals surface area contributed by atoms with Crippen LogP contribution in [0, 0.1) is 18.4 Å². The molecule has 0 unspecified atom stereocenters. The minimum Gasteiger partial charge on any atom is -0.493 e. The summed E-state index contributed by atoms with van der Waals surface area (Å²) >= 11 is 0. The molecule has 0 saturated heterocycles. The average molecular weight is 235 g/mol. The van der Waals surface area contributed by atoms with Gasteiger partial charge in [0.05, 0.1) is 6.61 Å². The van der Waals surface area contributed by atoms with Gasteiger partial charge in [0.15, 0.2) is 0 Å². The van der Waals surface area contributed by atoms with E-state index < -0.39 is 0 Å². The summed E-state index contributed by atoms with van der Waals surface area (Å²) in [4.78, 5) is 0. The minimum absolute atomic E-state index is 0.505. The second-order valence-electron chi connectivity index (χ2n) is 5.34. The van der Waals surface area contributed by atoms with Crippen molar-refractivity contribution in [1.82, 2.24) is 0 Å². The smallest absolute Gasteiger partial charge is 0.119 e. The highest BCUT2D eigenvalue weighted by atomic mass is 16.5. The van der Waals surface area contributed by atoms with Crippen molar-refractivity contribution in [3.63, 3.8) is 0 Å². The molecule has 1 aromatic rings. The van der Waals surface area contributed by atoms with E-state index in [0.717, 1.165) is 24.3 Å². The monoisotopic (exact) mass is 235 g/mol. The van der Waals surface area contributed by atoms with Crippen LogP contribution in [0.25, 0.3) is 0 Å². The number of hydrogen-bond donors (Lipinski definition) is 1. The molecule has 0 saturated carbocycles. The van der Waals surface area contributed by atoms with Gasteiger partial charge in [-0.05, 0) is 41.5 Å². The zero-order valence-electron chi connectivity index (χ0n) is 11.2. The van der Waals surface area contributed by atoms with E-state index in [-0.39, 0.29) is 0 Å². The van der Waals surface area contributed by atoms with Crippen LogP contribution in [0.15, 0.2) is 18.2 Å². The number of rotatable bonds is 6. The maximum absolute atomic E-state index is 9.12. The Hall–Kier alpha value is -1.02. The number of ether oxygens (including phenoxy) is 1. The largest absolute Gasteiger partial charge is 0.493 e. The van der Waals surface area contributed by atoms with Crippen LogP contribution in [0.1, 0.15) is 38.8 Å². The summed E-state index contributed by atoms with van der Waals surface area (Å²) < 4.78 is 5.70. The van der Waals surface area contributed by atoms with E-state index in [1.165, 1.54) is 5.56 Å². The normalized spacial score (nSPS) is 11.2. The lowest BCUT2D eigenvalue weighted by Gasteiger charge is -2.13. The maximum Gasteiger partial charge on any atom is 0.119 e. The Labute approximate surface area is 105 Å². The molecule has 2 heteroatoms. The molecule has 0 aliphatic rings. The number of aliphatic hydroxyl groups is 1. The zero-order chi connectivity index (χ0) is 12.8. The van der Waals surface area contributed by atoms with Crippen LogP contribution >= 0.6 is 0 Å². The van der Waals surface area contributed by atoms with Gasteiger partial charge in [0.1, 0.15) is 12.4 Å². The summed E-state index contributed by atoms with van der Waals surface area (Å²) in [6.07, 6.45) is 1.000. The lowest BCUT2D eigenvalue weighted by molar-refractivity contribution is 0.270. The molecule has 95 valence electrons. The number of benzene rings is 1. The van der Waals surface area contributed by atoms with Gasteiger partial charge < -0.3 is 9.84 Å². The van der Waals surface area contributed by atoms with Gasteiger partial charge in [-0.1, -0.05) is 33.8 Å². The molecular weight excluding hydrogens is 212 g/mol. The van der Waals surface area contributed by atoms with E-state index in [4.69, 9.17) is 9.84 Å². The molecule has 0 bridgehead atoms. The van der Waals surface area contributed by atoms with Crippen molar-refractivity contribution >= 4 is 0 Å². The van der Waals surface area contributed by atoms with Crippen molar-refractivity contribution < 1.29 is 9.84 Å². The standard InChI is InChI=1S/C15H23O2/c1-11(2)5-13-6-14(9-16)8-15(7-13)17-10-12(3)4/h6-9,11-12,16H,5,10H2,1-4H3. The Morgan fingerprint density at radius 2 is 1.82 bits per heavy atom. The van der Waals surface area contributed by atoms with E-state index in [0.29, 0.717) is 18.4 Å². The summed E-state index contributed by atoms with van der Waals surface area (Å²) in [5, 5.41) is 9.12. The van der Waals surface area contributed by atoms with Crippen LogP contribution in [0.3, 0.4) is 0 Å². The Morgan fingerprint density at radius 1 is 1.12 bits per heavy atom. The van der Waals surface area contributed by atoms with Crippen molar-refractivity contribution in [3.05, 3.63) is 35.9 Å². The molecule has 1 N–H and O–H groups in total. The fraction of sp³-hybridized carbons (Fsp3) is 0.533. The third-order valence-electron chi connectivity index (χ3n) is 2.36. The molecule has 2 nitrogen and oxygen atoms in total. The molecule has 0 amide bonds. The zero-order valence-corrected chi connectivity index (χ0v) is 11.2. The Morgan fingerprint density at radius 3 is 2.35 bits per heavy atom. The first-order valence-electron chi connectivity index (χ1n) is 6.25. The summed E-state index contributed by atoms with van der Waals surface area (Å²) in [6.45, 7) is 10.4. The SMILES string of the molecule is CC(C)COc1cc([CH]O)cc(CC(C)C)c1. The van der Waals surface area contributed by atoms with Crippen LogP contribution in [0.4, 0.5) is 0 Å². The number of aliphatic hydroxyl groups excluding tert-OH is 1. The van der Waals surface area contributed by atoms with Crippen molar-refractivity contribution in [2.45, 2.75) is 34.1 Å². The third kappa shape index (κ3) is 5.22. The predicted octanol–water partition coefficient (Wildman–Crippen LogP) is 3.80. The fourth-order valence-electron chi connectivity index (χ4n) is 1.70. The van der Waals surface area contributed by atoms with Gasteiger partial charge in [0.25, 0.3) is 0 Å². The van der Waals surface area contributed by atoms with Crippen molar-refractivity contribution in [3.8, 4) is 5.75 Å². The van der Waals surface area contributed by atoms with Crippen molar-refractivity contribution in [1.29, 1.82) is 0 Å². The minimum atomic E-state index is 0.505. The van der Waals surface area contributed by atoms with Crippen LogP contribution < -0.4 is 4.74 Å². The van der Waals surface area contributed by atoms with E-state index in [1.807, 2.05) is 12.1 Å². The van der Waals surface area contributed by atoms with Gasteiger partial charge in [-0.15, -0.1) is 0 Å². The highest BCUT2D eigenvalue weighted by Crippen LogP contribution is 2.21. The third-order valence-corrected chi connectivity index (χ3v) is 2.36. The van der Waals surface area contributed by atoms with Crippen LogP contribution in [0.2, 0.25) is 0 Å². The molecule has 0 heterocycles. The molecular formula is C15H23O2. The highest BCUT2D eigenvalue weighted by Gasteiger charge is 2.05. The summed E-state index contributed by atoms with van der Waals surface area (Å²) in [6, 6.07) is 5.93. The van der Waals surface area contributed by atoms with E-state index in [2.05, 4.69) is 33.8 Å². The average Bonchev–Trinajstić information content (AvgIpc) is 2.25. The van der Waals surface area contributed by atoms with Crippen LogP contribution in [-0.2, 0) is 6.42 Å². The molecule has 1 rings (SSSR count). The molecule has 0 aliphatic heterocycles. The Bertz CT molecular complexity index is 343. The second-order valence-corrected chi connectivity index (χ2v) is 5.34. The van der Waals surface area contributed by atoms with Gasteiger partial charge in [-0.3, -0.25) is 0 Å². The van der Waals surface area contributed by atoms with Gasteiger partial charge >= 0.3 is 0 Å². The number of hydrogen-bond acceptors (Lipinski definition) is 2. The van der Waals surface area contributed by atoms with E-state index >= 15 is 0 Å². The molecule has 0 fully saturated rings. The first-order chi connectivity index (χ1) is 8.01. The molecule has 1 aromatic carbocycles. The summed E-state index contributed by atoms with van der Waals surface area (Å²) in [7, 11) is 0. The van der Waals surface area contributed by atoms with Gasteiger partial charge in [0.2, 0.25) is 0 Å². The predicted molar refractivity (Wildman–Crippen MR) is 70.7 cm³/mol. The van der Waals surface area contributed by atoms with Gasteiger partial charge in [-0.25, -0.2) is 0 Å². The van der Waals surface area contributed by atoms with Gasteiger partial charge in [0, 0.05) is 0 Å². The maximum atomic E-state index is 9.12. The highest BCUT2D eigenvalue weighted by molar-refractivity contribution is 5.37. The summed E-state index contributed by atoms with van der Waals surface area (Å²) in [5.41, 5.74) is 2.02. The first kappa shape index (κ1) is 14.0. The molecule has 17 heavy (non-hydrogen) atoms. The Kier molecular flexibility index (Phi) is 5.49. The van der Waals surface area contributed by atoms with Crippen LogP contribution in [0.5, 0.6) is 5.75 Å².